The maximum absolute atomic E-state index is 13.6. The highest BCUT2D eigenvalue weighted by Gasteiger charge is 2.12. The van der Waals surface area contributed by atoms with Gasteiger partial charge < -0.3 is 14.2 Å². The number of methoxy groups -OCH3 is 1. The average Bonchev–Trinajstić information content (AvgIpc) is 2.49. The molecular formula is C16H17FN2O3. The molecule has 0 saturated heterocycles. The molecule has 1 amide bonds. The molecule has 1 aromatic heterocycles. The highest BCUT2D eigenvalue weighted by Crippen LogP contribution is 2.18. The van der Waals surface area contributed by atoms with Crippen LogP contribution in [0.4, 0.5) is 4.39 Å². The molecule has 0 radical (unpaired) electrons. The van der Waals surface area contributed by atoms with Gasteiger partial charge in [0.15, 0.2) is 11.6 Å². The fourth-order valence-electron chi connectivity index (χ4n) is 2.03. The molecule has 0 unspecified atom stereocenters. The van der Waals surface area contributed by atoms with Gasteiger partial charge in [-0.3, -0.25) is 9.59 Å². The quantitative estimate of drug-likeness (QED) is 0.844. The summed E-state index contributed by atoms with van der Waals surface area (Å²) in [5, 5.41) is 0. The third-order valence-corrected chi connectivity index (χ3v) is 3.27. The van der Waals surface area contributed by atoms with Gasteiger partial charge in [-0.05, 0) is 23.8 Å². The lowest BCUT2D eigenvalue weighted by Gasteiger charge is -2.18. The van der Waals surface area contributed by atoms with Gasteiger partial charge in [0.1, 0.15) is 6.54 Å². The van der Waals surface area contributed by atoms with Gasteiger partial charge in [-0.1, -0.05) is 12.1 Å². The number of hydrogen-bond donors (Lipinski definition) is 0. The van der Waals surface area contributed by atoms with Crippen LogP contribution in [0, 0.1) is 5.82 Å². The number of carbonyl (C=O) groups is 1. The van der Waals surface area contributed by atoms with Crippen LogP contribution in [-0.2, 0) is 17.9 Å². The number of aromatic nitrogens is 1. The summed E-state index contributed by atoms with van der Waals surface area (Å²) < 4.78 is 19.8. The van der Waals surface area contributed by atoms with Gasteiger partial charge in [0.25, 0.3) is 5.56 Å². The van der Waals surface area contributed by atoms with Crippen LogP contribution in [0.15, 0.2) is 47.4 Å². The summed E-state index contributed by atoms with van der Waals surface area (Å²) in [4.78, 5) is 25.1. The van der Waals surface area contributed by atoms with Gasteiger partial charge in [-0.2, -0.15) is 0 Å². The minimum absolute atomic E-state index is 0.0468. The Morgan fingerprint density at radius 2 is 2.09 bits per heavy atom. The molecule has 6 heteroatoms. The molecule has 2 aromatic rings. The van der Waals surface area contributed by atoms with Crippen LogP contribution >= 0.6 is 0 Å². The van der Waals surface area contributed by atoms with Crippen molar-refractivity contribution < 1.29 is 13.9 Å². The van der Waals surface area contributed by atoms with Crippen LogP contribution in [0.25, 0.3) is 0 Å². The smallest absolute Gasteiger partial charge is 0.250 e. The van der Waals surface area contributed by atoms with Crippen molar-refractivity contribution in [2.24, 2.45) is 0 Å². The molecule has 0 atom stereocenters. The fraction of sp³-hybridized carbons (Fsp3) is 0.250. The number of halogens is 1. The largest absolute Gasteiger partial charge is 0.494 e. The molecule has 0 bridgehead atoms. The van der Waals surface area contributed by atoms with E-state index in [0.717, 1.165) is 0 Å². The monoisotopic (exact) mass is 304 g/mol. The predicted molar refractivity (Wildman–Crippen MR) is 80.1 cm³/mol. The zero-order valence-electron chi connectivity index (χ0n) is 12.5. The Balaban J connectivity index is 2.04. The summed E-state index contributed by atoms with van der Waals surface area (Å²) in [5.74, 6) is -0.543. The normalized spacial score (nSPS) is 10.3. The lowest BCUT2D eigenvalue weighted by molar-refractivity contribution is -0.131. The first-order valence-corrected chi connectivity index (χ1v) is 6.73. The third-order valence-electron chi connectivity index (χ3n) is 3.27. The Labute approximate surface area is 127 Å². The molecule has 22 heavy (non-hydrogen) atoms. The molecule has 0 aliphatic carbocycles. The van der Waals surface area contributed by atoms with E-state index in [2.05, 4.69) is 0 Å². The van der Waals surface area contributed by atoms with Gasteiger partial charge in [0.05, 0.1) is 7.11 Å². The van der Waals surface area contributed by atoms with E-state index in [4.69, 9.17) is 4.74 Å². The summed E-state index contributed by atoms with van der Waals surface area (Å²) in [6.07, 6.45) is 1.56. The SMILES string of the molecule is COc1ccc(CN(C)C(=O)Cn2ccccc2=O)cc1F. The van der Waals surface area contributed by atoms with E-state index in [1.165, 1.54) is 34.8 Å². The highest BCUT2D eigenvalue weighted by molar-refractivity contribution is 5.75. The molecule has 0 aliphatic heterocycles. The van der Waals surface area contributed by atoms with Gasteiger partial charge in [0.2, 0.25) is 5.91 Å². The number of hydrogen-bond acceptors (Lipinski definition) is 3. The second kappa shape index (κ2) is 6.89. The van der Waals surface area contributed by atoms with E-state index in [1.807, 2.05) is 0 Å². The van der Waals surface area contributed by atoms with E-state index < -0.39 is 5.82 Å². The minimum Gasteiger partial charge on any atom is -0.494 e. The third kappa shape index (κ3) is 3.72. The molecule has 0 saturated carbocycles. The van der Waals surface area contributed by atoms with Crippen LogP contribution in [0.1, 0.15) is 5.56 Å². The van der Waals surface area contributed by atoms with Crippen LogP contribution in [-0.4, -0.2) is 29.5 Å². The van der Waals surface area contributed by atoms with Crippen molar-refractivity contribution in [1.82, 2.24) is 9.47 Å². The Hall–Kier alpha value is -2.63. The molecular weight excluding hydrogens is 287 g/mol. The van der Waals surface area contributed by atoms with Crippen LogP contribution in [0.3, 0.4) is 0 Å². The van der Waals surface area contributed by atoms with Crippen LogP contribution in [0.2, 0.25) is 0 Å². The maximum atomic E-state index is 13.6. The van der Waals surface area contributed by atoms with Gasteiger partial charge >= 0.3 is 0 Å². The van der Waals surface area contributed by atoms with Crippen molar-refractivity contribution in [3.8, 4) is 5.75 Å². The number of carbonyl (C=O) groups excluding carboxylic acids is 1. The predicted octanol–water partition coefficient (Wildman–Crippen LogP) is 1.65. The number of pyridine rings is 1. The average molecular weight is 304 g/mol. The first-order valence-electron chi connectivity index (χ1n) is 6.73. The lowest BCUT2D eigenvalue weighted by atomic mass is 10.2. The molecule has 2 rings (SSSR count). The van der Waals surface area contributed by atoms with Gasteiger partial charge in [0, 0.05) is 25.9 Å². The Morgan fingerprint density at radius 1 is 1.32 bits per heavy atom. The zero-order valence-corrected chi connectivity index (χ0v) is 12.5. The zero-order chi connectivity index (χ0) is 16.1. The second-order valence-corrected chi connectivity index (χ2v) is 4.89. The van der Waals surface area contributed by atoms with E-state index >= 15 is 0 Å². The molecule has 0 N–H and O–H groups in total. The minimum atomic E-state index is -0.472. The van der Waals surface area contributed by atoms with Crippen molar-refractivity contribution in [2.45, 2.75) is 13.1 Å². The molecule has 0 aliphatic rings. The molecule has 0 fully saturated rings. The van der Waals surface area contributed by atoms with Crippen molar-refractivity contribution in [3.05, 3.63) is 64.3 Å². The van der Waals surface area contributed by atoms with E-state index in [1.54, 1.807) is 31.4 Å². The van der Waals surface area contributed by atoms with Gasteiger partial charge in [-0.25, -0.2) is 4.39 Å². The van der Waals surface area contributed by atoms with Crippen molar-refractivity contribution in [3.63, 3.8) is 0 Å². The fourth-order valence-corrected chi connectivity index (χ4v) is 2.03. The maximum Gasteiger partial charge on any atom is 0.250 e. The number of benzene rings is 1. The van der Waals surface area contributed by atoms with Crippen molar-refractivity contribution in [1.29, 1.82) is 0 Å². The Morgan fingerprint density at radius 3 is 2.73 bits per heavy atom. The van der Waals surface area contributed by atoms with Crippen molar-refractivity contribution in [2.75, 3.05) is 14.2 Å². The number of rotatable bonds is 5. The summed E-state index contributed by atoms with van der Waals surface area (Å²) in [5.41, 5.74) is 0.411. The topological polar surface area (TPSA) is 51.5 Å². The number of nitrogens with zero attached hydrogens (tertiary/aromatic N) is 2. The number of amides is 1. The lowest BCUT2D eigenvalue weighted by Crippen LogP contribution is -2.33. The molecule has 0 spiro atoms. The molecule has 116 valence electrons. The Bertz CT molecular complexity index is 727. The van der Waals surface area contributed by atoms with E-state index in [-0.39, 0.29) is 30.3 Å². The number of likely N-dealkylation sites (N-methyl/N-ethyl adjacent to an activating group) is 1. The van der Waals surface area contributed by atoms with Crippen LogP contribution in [0.5, 0.6) is 5.75 Å². The van der Waals surface area contributed by atoms with Gasteiger partial charge in [-0.15, -0.1) is 0 Å². The first-order chi connectivity index (χ1) is 10.5. The summed E-state index contributed by atoms with van der Waals surface area (Å²) >= 11 is 0. The summed E-state index contributed by atoms with van der Waals surface area (Å²) in [6.45, 7) is 0.205. The summed E-state index contributed by atoms with van der Waals surface area (Å²) in [6, 6.07) is 9.25. The highest BCUT2D eigenvalue weighted by atomic mass is 19.1. The van der Waals surface area contributed by atoms with Crippen LogP contribution < -0.4 is 10.3 Å². The van der Waals surface area contributed by atoms with E-state index in [9.17, 15) is 14.0 Å². The second-order valence-electron chi connectivity index (χ2n) is 4.89. The standard InChI is InChI=1S/C16H17FN2O3/c1-18(10-12-6-7-14(22-2)13(17)9-12)16(21)11-19-8-4-3-5-15(19)20/h3-9H,10-11H2,1-2H3. The molecule has 1 aromatic carbocycles. The molecule has 5 nitrogen and oxygen atoms in total. The Kier molecular flexibility index (Phi) is 4.93. The first kappa shape index (κ1) is 15.8. The summed E-state index contributed by atoms with van der Waals surface area (Å²) in [7, 11) is 3.00. The van der Waals surface area contributed by atoms with Crippen molar-refractivity contribution >= 4 is 5.91 Å². The van der Waals surface area contributed by atoms with E-state index in [0.29, 0.717) is 5.56 Å². The number of ether oxygens (including phenoxy) is 1. The molecule has 1 heterocycles.